The van der Waals surface area contributed by atoms with E-state index < -0.39 is 0 Å². The molecule has 1 heterocycles. The summed E-state index contributed by atoms with van der Waals surface area (Å²) in [4.78, 5) is 14.7. The van der Waals surface area contributed by atoms with E-state index in [0.29, 0.717) is 0 Å². The minimum absolute atomic E-state index is 0.388. The fourth-order valence-corrected chi connectivity index (χ4v) is 0.926. The molecule has 1 aliphatic heterocycles. The van der Waals surface area contributed by atoms with Crippen LogP contribution in [0, 0.1) is 0 Å². The van der Waals surface area contributed by atoms with Crippen LogP contribution in [-0.2, 0) is 9.63 Å². The predicted octanol–water partition coefficient (Wildman–Crippen LogP) is 0.455. The second-order valence-corrected chi connectivity index (χ2v) is 2.55. The molecule has 0 radical (unpaired) electrons. The second kappa shape index (κ2) is 4.66. The molecule has 0 atom stereocenters. The fourth-order valence-electron chi connectivity index (χ4n) is 0.926. The fraction of sp³-hybridized carbons (Fsp3) is 0.500. The van der Waals surface area contributed by atoms with E-state index in [1.54, 1.807) is 6.21 Å². The van der Waals surface area contributed by atoms with Crippen LogP contribution in [0.2, 0.25) is 0 Å². The van der Waals surface area contributed by atoms with Crippen molar-refractivity contribution >= 4 is 12.2 Å². The Bertz CT molecular complexity index is 221. The van der Waals surface area contributed by atoms with Gasteiger partial charge in [0.25, 0.3) is 0 Å². The van der Waals surface area contributed by atoms with Crippen molar-refractivity contribution in [3.8, 4) is 0 Å². The summed E-state index contributed by atoms with van der Waals surface area (Å²) < 4.78 is 0. The van der Waals surface area contributed by atoms with Crippen molar-refractivity contribution in [2.75, 3.05) is 13.1 Å². The zero-order valence-corrected chi connectivity index (χ0v) is 7.04. The predicted molar refractivity (Wildman–Crippen MR) is 45.8 cm³/mol. The molecule has 0 spiro atoms. The molecule has 0 fully saturated rings. The molecule has 0 aromatic rings. The number of nitrogens with one attached hydrogen (secondary N) is 1. The van der Waals surface area contributed by atoms with Gasteiger partial charge in [-0.05, 0) is 18.5 Å². The highest BCUT2D eigenvalue weighted by Crippen LogP contribution is 2.00. The molecule has 12 heavy (non-hydrogen) atoms. The molecule has 0 aromatic carbocycles. The van der Waals surface area contributed by atoms with Crippen molar-refractivity contribution in [1.82, 2.24) is 5.32 Å². The van der Waals surface area contributed by atoms with Gasteiger partial charge >= 0.3 is 5.97 Å². The normalized spacial score (nSPS) is 17.6. The highest BCUT2D eigenvalue weighted by molar-refractivity contribution is 5.79. The van der Waals surface area contributed by atoms with Crippen LogP contribution < -0.4 is 5.32 Å². The number of hydrogen-bond donors (Lipinski definition) is 1. The number of nitrogens with zero attached hydrogens (tertiary/aromatic N) is 1. The monoisotopic (exact) mass is 168 g/mol. The highest BCUT2D eigenvalue weighted by atomic mass is 16.7. The summed E-state index contributed by atoms with van der Waals surface area (Å²) in [5.41, 5.74) is 1.11. The van der Waals surface area contributed by atoms with Gasteiger partial charge in [-0.2, -0.15) is 0 Å². The third-order valence-corrected chi connectivity index (χ3v) is 1.50. The number of carbonyl (C=O) groups excluding carboxylic acids is 1. The largest absolute Gasteiger partial charge is 0.331 e. The number of oxime groups is 1. The van der Waals surface area contributed by atoms with Crippen LogP contribution in [0.1, 0.15) is 13.3 Å². The number of hydrogen-bond acceptors (Lipinski definition) is 4. The molecule has 0 aromatic heterocycles. The van der Waals surface area contributed by atoms with Gasteiger partial charge in [0.15, 0.2) is 0 Å². The van der Waals surface area contributed by atoms with Crippen molar-refractivity contribution in [2.45, 2.75) is 13.3 Å². The summed E-state index contributed by atoms with van der Waals surface area (Å²) in [6.45, 7) is 3.15. The van der Waals surface area contributed by atoms with Gasteiger partial charge in [0, 0.05) is 13.5 Å². The lowest BCUT2D eigenvalue weighted by atomic mass is 10.1. The van der Waals surface area contributed by atoms with Crippen molar-refractivity contribution in [1.29, 1.82) is 0 Å². The van der Waals surface area contributed by atoms with Gasteiger partial charge in [0.1, 0.15) is 0 Å². The van der Waals surface area contributed by atoms with Crippen LogP contribution in [0.25, 0.3) is 0 Å². The maximum Gasteiger partial charge on any atom is 0.331 e. The smallest absolute Gasteiger partial charge is 0.319 e. The maximum atomic E-state index is 10.3. The molecule has 0 unspecified atom stereocenters. The summed E-state index contributed by atoms with van der Waals surface area (Å²) in [6, 6.07) is 0. The first-order valence-electron chi connectivity index (χ1n) is 3.90. The summed E-state index contributed by atoms with van der Waals surface area (Å²) in [6.07, 6.45) is 4.55. The first-order valence-corrected chi connectivity index (χ1v) is 3.90. The Morgan fingerprint density at radius 2 is 2.67 bits per heavy atom. The second-order valence-electron chi connectivity index (χ2n) is 2.55. The van der Waals surface area contributed by atoms with Crippen molar-refractivity contribution in [3.63, 3.8) is 0 Å². The third-order valence-electron chi connectivity index (χ3n) is 1.50. The molecule has 4 nitrogen and oxygen atoms in total. The van der Waals surface area contributed by atoms with Gasteiger partial charge in [0.2, 0.25) is 0 Å². The first kappa shape index (κ1) is 8.93. The van der Waals surface area contributed by atoms with E-state index in [0.717, 1.165) is 25.1 Å². The standard InChI is InChI=1S/C8H12N2O2/c1-7(11)12-10-6-8-2-4-9-5-3-8/h2,6,9H,3-5H2,1H3/b10-6+. The SMILES string of the molecule is CC(=O)O/N=C/C1=CCNCC1. The molecular weight excluding hydrogens is 156 g/mol. The van der Waals surface area contributed by atoms with E-state index in [-0.39, 0.29) is 5.97 Å². The van der Waals surface area contributed by atoms with Gasteiger partial charge in [-0.25, -0.2) is 4.79 Å². The van der Waals surface area contributed by atoms with Crippen molar-refractivity contribution in [3.05, 3.63) is 11.6 Å². The summed E-state index contributed by atoms with van der Waals surface area (Å²) in [5, 5.41) is 6.69. The van der Waals surface area contributed by atoms with Crippen LogP contribution in [0.3, 0.4) is 0 Å². The molecule has 1 rings (SSSR count). The molecule has 1 N–H and O–H groups in total. The Morgan fingerprint density at radius 1 is 1.83 bits per heavy atom. The zero-order chi connectivity index (χ0) is 8.81. The molecule has 0 bridgehead atoms. The summed E-state index contributed by atoms with van der Waals surface area (Å²) in [7, 11) is 0. The average Bonchev–Trinajstić information content (AvgIpc) is 2.05. The van der Waals surface area contributed by atoms with Gasteiger partial charge in [-0.15, -0.1) is 0 Å². The minimum Gasteiger partial charge on any atom is -0.319 e. The van der Waals surface area contributed by atoms with E-state index in [2.05, 4.69) is 15.3 Å². The zero-order valence-electron chi connectivity index (χ0n) is 7.04. The Balaban J connectivity index is 2.33. The molecular formula is C8H12N2O2. The van der Waals surface area contributed by atoms with E-state index in [1.807, 2.05) is 6.08 Å². The lowest BCUT2D eigenvalue weighted by Crippen LogP contribution is -2.20. The highest BCUT2D eigenvalue weighted by Gasteiger charge is 1.99. The Kier molecular flexibility index (Phi) is 3.47. The molecule has 1 aliphatic rings. The van der Waals surface area contributed by atoms with Crippen molar-refractivity contribution < 1.29 is 9.63 Å². The van der Waals surface area contributed by atoms with Crippen LogP contribution in [0.4, 0.5) is 0 Å². The molecule has 0 saturated carbocycles. The Labute approximate surface area is 71.3 Å². The van der Waals surface area contributed by atoms with E-state index in [9.17, 15) is 4.79 Å². The first-order chi connectivity index (χ1) is 5.79. The van der Waals surface area contributed by atoms with E-state index >= 15 is 0 Å². The van der Waals surface area contributed by atoms with Gasteiger partial charge in [-0.3, -0.25) is 0 Å². The van der Waals surface area contributed by atoms with Crippen molar-refractivity contribution in [2.24, 2.45) is 5.16 Å². The molecule has 66 valence electrons. The van der Waals surface area contributed by atoms with Crippen LogP contribution >= 0.6 is 0 Å². The molecule has 0 saturated heterocycles. The molecule has 0 amide bonds. The topological polar surface area (TPSA) is 50.7 Å². The lowest BCUT2D eigenvalue weighted by Gasteiger charge is -2.08. The van der Waals surface area contributed by atoms with E-state index in [1.165, 1.54) is 6.92 Å². The van der Waals surface area contributed by atoms with Crippen LogP contribution in [-0.4, -0.2) is 25.3 Å². The molecule has 0 aliphatic carbocycles. The lowest BCUT2D eigenvalue weighted by molar-refractivity contribution is -0.140. The summed E-state index contributed by atoms with van der Waals surface area (Å²) >= 11 is 0. The van der Waals surface area contributed by atoms with Crippen LogP contribution in [0.15, 0.2) is 16.8 Å². The van der Waals surface area contributed by atoms with Gasteiger partial charge < -0.3 is 10.2 Å². The quantitative estimate of drug-likeness (QED) is 0.370. The Morgan fingerprint density at radius 3 is 3.25 bits per heavy atom. The summed E-state index contributed by atoms with van der Waals surface area (Å²) in [5.74, 6) is -0.388. The van der Waals surface area contributed by atoms with E-state index in [4.69, 9.17) is 0 Å². The van der Waals surface area contributed by atoms with Gasteiger partial charge in [0.05, 0.1) is 6.21 Å². The third kappa shape index (κ3) is 3.30. The molecule has 4 heteroatoms. The minimum atomic E-state index is -0.388. The number of carbonyl (C=O) groups is 1. The Hall–Kier alpha value is -1.16. The van der Waals surface area contributed by atoms with Gasteiger partial charge in [-0.1, -0.05) is 11.2 Å². The maximum absolute atomic E-state index is 10.3. The number of rotatable bonds is 2. The van der Waals surface area contributed by atoms with Crippen LogP contribution in [0.5, 0.6) is 0 Å². The average molecular weight is 168 g/mol.